The van der Waals surface area contributed by atoms with Crippen LogP contribution >= 0.6 is 0 Å². The summed E-state index contributed by atoms with van der Waals surface area (Å²) < 4.78 is 13.3. The van der Waals surface area contributed by atoms with Gasteiger partial charge >= 0.3 is 0 Å². The highest BCUT2D eigenvalue weighted by atomic mass is 19.1. The molecule has 148 valence electrons. The van der Waals surface area contributed by atoms with E-state index in [1.807, 2.05) is 18.2 Å². The number of hydrogen-bond donors (Lipinski definition) is 3. The molecule has 0 fully saturated rings. The molecule has 0 saturated carbocycles. The molecular weight excluding hydrogens is 371 g/mol. The molecule has 0 aliphatic carbocycles. The normalized spacial score (nSPS) is 11.6. The highest BCUT2D eigenvalue weighted by Gasteiger charge is 2.17. The molecule has 3 aromatic rings. The molecule has 7 heteroatoms. The van der Waals surface area contributed by atoms with Crippen LogP contribution in [0.3, 0.4) is 0 Å². The van der Waals surface area contributed by atoms with Crippen LogP contribution in [0.25, 0.3) is 11.1 Å². The molecule has 0 spiro atoms. The first-order valence-corrected chi connectivity index (χ1v) is 9.05. The largest absolute Gasteiger partial charge is 0.325 e. The van der Waals surface area contributed by atoms with Gasteiger partial charge in [0.25, 0.3) is 0 Å². The van der Waals surface area contributed by atoms with Crippen molar-refractivity contribution < 1.29 is 14.0 Å². The average Bonchev–Trinajstić information content (AvgIpc) is 2.69. The molecule has 2 amide bonds. The molecule has 29 heavy (non-hydrogen) atoms. The van der Waals surface area contributed by atoms with E-state index in [1.54, 1.807) is 36.7 Å². The summed E-state index contributed by atoms with van der Waals surface area (Å²) in [5, 5.41) is 5.47. The van der Waals surface area contributed by atoms with Crippen molar-refractivity contribution in [3.63, 3.8) is 0 Å². The Balaban J connectivity index is 1.79. The highest BCUT2D eigenvalue weighted by molar-refractivity contribution is 6.01. The molecule has 0 aliphatic rings. The first-order chi connectivity index (χ1) is 13.9. The number of nitrogens with zero attached hydrogens (tertiary/aromatic N) is 1. The number of nitrogens with one attached hydrogen (secondary N) is 2. The van der Waals surface area contributed by atoms with Crippen LogP contribution in [0.1, 0.15) is 12.5 Å². The molecule has 0 saturated heterocycles. The Morgan fingerprint density at radius 1 is 1.00 bits per heavy atom. The monoisotopic (exact) mass is 392 g/mol. The maximum atomic E-state index is 13.3. The predicted octanol–water partition coefficient (Wildman–Crippen LogP) is 3.35. The molecular formula is C22H21FN4O2. The molecule has 0 radical (unpaired) electrons. The van der Waals surface area contributed by atoms with Gasteiger partial charge in [0.1, 0.15) is 5.82 Å². The summed E-state index contributed by atoms with van der Waals surface area (Å²) >= 11 is 0. The molecule has 1 heterocycles. The minimum Gasteiger partial charge on any atom is -0.325 e. The van der Waals surface area contributed by atoms with Gasteiger partial charge in [-0.1, -0.05) is 18.2 Å². The number of hydrogen-bond acceptors (Lipinski definition) is 4. The molecule has 1 aromatic heterocycles. The molecule has 2 aromatic carbocycles. The van der Waals surface area contributed by atoms with E-state index in [-0.39, 0.29) is 18.1 Å². The van der Waals surface area contributed by atoms with E-state index in [4.69, 9.17) is 5.73 Å². The van der Waals surface area contributed by atoms with Crippen molar-refractivity contribution in [3.05, 3.63) is 78.4 Å². The van der Waals surface area contributed by atoms with Gasteiger partial charge in [0, 0.05) is 19.3 Å². The van der Waals surface area contributed by atoms with Crippen LogP contribution in [0.15, 0.2) is 67.0 Å². The van der Waals surface area contributed by atoms with Gasteiger partial charge in [-0.15, -0.1) is 0 Å². The minimum absolute atomic E-state index is 0.189. The van der Waals surface area contributed by atoms with Gasteiger partial charge in [0.2, 0.25) is 11.8 Å². The van der Waals surface area contributed by atoms with Crippen molar-refractivity contribution in [2.45, 2.75) is 19.4 Å². The van der Waals surface area contributed by atoms with Gasteiger partial charge in [-0.05, 0) is 59.5 Å². The van der Waals surface area contributed by atoms with E-state index in [9.17, 15) is 14.0 Å². The SMILES string of the molecule is CC(=O)Nc1cc(-c2ccncc2)ccc1NC(=O)[C@H](N)Cc1cccc(F)c1. The molecule has 6 nitrogen and oxygen atoms in total. The van der Waals surface area contributed by atoms with E-state index in [1.165, 1.54) is 19.1 Å². The summed E-state index contributed by atoms with van der Waals surface area (Å²) in [4.78, 5) is 28.1. The van der Waals surface area contributed by atoms with Crippen LogP contribution < -0.4 is 16.4 Å². The standard InChI is InChI=1S/C22H21FN4O2/c1-14(28)26-21-13-17(16-7-9-25-10-8-16)5-6-20(21)27-22(29)19(24)12-15-3-2-4-18(23)11-15/h2-11,13,19H,12,24H2,1H3,(H,26,28)(H,27,29)/t19-/m1/s1. The number of carbonyl (C=O) groups is 2. The third-order valence-corrected chi connectivity index (χ3v) is 4.28. The molecule has 4 N–H and O–H groups in total. The smallest absolute Gasteiger partial charge is 0.241 e. The molecule has 0 bridgehead atoms. The number of nitrogens with two attached hydrogens (primary N) is 1. The van der Waals surface area contributed by atoms with Gasteiger partial charge in [-0.25, -0.2) is 4.39 Å². The van der Waals surface area contributed by atoms with E-state index in [2.05, 4.69) is 15.6 Å². The number of anilines is 2. The second-order valence-electron chi connectivity index (χ2n) is 6.61. The van der Waals surface area contributed by atoms with Gasteiger partial charge in [-0.2, -0.15) is 0 Å². The lowest BCUT2D eigenvalue weighted by atomic mass is 10.0. The first kappa shape index (κ1) is 20.2. The molecule has 3 rings (SSSR count). The van der Waals surface area contributed by atoms with Crippen LogP contribution in [0.5, 0.6) is 0 Å². The third kappa shape index (κ3) is 5.46. The number of halogens is 1. The first-order valence-electron chi connectivity index (χ1n) is 9.05. The van der Waals surface area contributed by atoms with Crippen molar-refractivity contribution in [2.75, 3.05) is 10.6 Å². The molecule has 0 aliphatic heterocycles. The number of aromatic nitrogens is 1. The van der Waals surface area contributed by atoms with E-state index in [0.717, 1.165) is 11.1 Å². The molecule has 0 unspecified atom stereocenters. The minimum atomic E-state index is -0.873. The fourth-order valence-electron chi connectivity index (χ4n) is 2.91. The van der Waals surface area contributed by atoms with Crippen molar-refractivity contribution >= 4 is 23.2 Å². The quantitative estimate of drug-likeness (QED) is 0.599. The topological polar surface area (TPSA) is 97.1 Å². The van der Waals surface area contributed by atoms with Gasteiger partial charge in [0.15, 0.2) is 0 Å². The summed E-state index contributed by atoms with van der Waals surface area (Å²) in [5.74, 6) is -1.08. The lowest BCUT2D eigenvalue weighted by Gasteiger charge is -2.16. The Hall–Kier alpha value is -3.58. The van der Waals surface area contributed by atoms with Gasteiger partial charge in [0.05, 0.1) is 17.4 Å². The van der Waals surface area contributed by atoms with Crippen LogP contribution in [0, 0.1) is 5.82 Å². The van der Waals surface area contributed by atoms with Crippen LogP contribution in [-0.2, 0) is 16.0 Å². The lowest BCUT2D eigenvalue weighted by Crippen LogP contribution is -2.37. The highest BCUT2D eigenvalue weighted by Crippen LogP contribution is 2.29. The second kappa shape index (κ2) is 9.07. The Kier molecular flexibility index (Phi) is 6.31. The summed E-state index contributed by atoms with van der Waals surface area (Å²) in [6.07, 6.45) is 3.54. The van der Waals surface area contributed by atoms with Crippen LogP contribution in [0.4, 0.5) is 15.8 Å². The van der Waals surface area contributed by atoms with Crippen molar-refractivity contribution in [3.8, 4) is 11.1 Å². The zero-order valence-electron chi connectivity index (χ0n) is 15.9. The second-order valence-corrected chi connectivity index (χ2v) is 6.61. The summed E-state index contributed by atoms with van der Waals surface area (Å²) in [6, 6.07) is 14.1. The Morgan fingerprint density at radius 2 is 1.76 bits per heavy atom. The lowest BCUT2D eigenvalue weighted by molar-refractivity contribution is -0.117. The van der Waals surface area contributed by atoms with E-state index >= 15 is 0 Å². The maximum absolute atomic E-state index is 13.3. The van der Waals surface area contributed by atoms with E-state index < -0.39 is 11.9 Å². The zero-order chi connectivity index (χ0) is 20.8. The summed E-state index contributed by atoms with van der Waals surface area (Å²) in [7, 11) is 0. The van der Waals surface area contributed by atoms with Gasteiger partial charge < -0.3 is 16.4 Å². The average molecular weight is 392 g/mol. The third-order valence-electron chi connectivity index (χ3n) is 4.28. The van der Waals surface area contributed by atoms with Crippen LogP contribution in [0.2, 0.25) is 0 Å². The Morgan fingerprint density at radius 3 is 2.45 bits per heavy atom. The molecule has 1 atom stereocenters. The number of carbonyl (C=O) groups excluding carboxylic acids is 2. The van der Waals surface area contributed by atoms with Crippen molar-refractivity contribution in [1.82, 2.24) is 4.98 Å². The predicted molar refractivity (Wildman–Crippen MR) is 111 cm³/mol. The van der Waals surface area contributed by atoms with E-state index in [0.29, 0.717) is 16.9 Å². The van der Waals surface area contributed by atoms with Crippen molar-refractivity contribution in [1.29, 1.82) is 0 Å². The zero-order valence-corrected chi connectivity index (χ0v) is 15.9. The number of benzene rings is 2. The van der Waals surface area contributed by atoms with Crippen molar-refractivity contribution in [2.24, 2.45) is 5.73 Å². The number of rotatable bonds is 6. The van der Waals surface area contributed by atoms with Gasteiger partial charge in [-0.3, -0.25) is 14.6 Å². The Labute approximate surface area is 168 Å². The fraction of sp³-hybridized carbons (Fsp3) is 0.136. The summed E-state index contributed by atoms with van der Waals surface area (Å²) in [5.41, 5.74) is 9.29. The number of pyridine rings is 1. The Bertz CT molecular complexity index is 1020. The van der Waals surface area contributed by atoms with Crippen LogP contribution in [-0.4, -0.2) is 22.8 Å². The number of amides is 2. The summed E-state index contributed by atoms with van der Waals surface area (Å²) in [6.45, 7) is 1.39. The fourth-order valence-corrected chi connectivity index (χ4v) is 2.91. The maximum Gasteiger partial charge on any atom is 0.241 e.